The van der Waals surface area contributed by atoms with E-state index in [2.05, 4.69) is 4.74 Å². The van der Waals surface area contributed by atoms with Gasteiger partial charge in [0.25, 0.3) is 12.5 Å². The molecule has 4 aliphatic carbocycles. The Balaban J connectivity index is 1.71. The second-order valence-corrected chi connectivity index (χ2v) is 6.69. The van der Waals surface area contributed by atoms with Gasteiger partial charge in [-0.3, -0.25) is 4.79 Å². The molecule has 0 spiro atoms. The highest BCUT2D eigenvalue weighted by molar-refractivity contribution is 5.74. The minimum atomic E-state index is -5.23. The molecule has 0 aromatic rings. The summed E-state index contributed by atoms with van der Waals surface area (Å²) >= 11 is 0. The van der Waals surface area contributed by atoms with Crippen molar-refractivity contribution < 1.29 is 31.5 Å². The van der Waals surface area contributed by atoms with Crippen LogP contribution in [0.3, 0.4) is 0 Å². The maximum Gasteiger partial charge on any atom is 0.431 e. The molecule has 120 valence electrons. The van der Waals surface area contributed by atoms with Crippen LogP contribution in [-0.4, -0.2) is 24.7 Å². The molecule has 7 heteroatoms. The van der Waals surface area contributed by atoms with E-state index in [1.54, 1.807) is 0 Å². The molecule has 1 unspecified atom stereocenters. The van der Waals surface area contributed by atoms with Gasteiger partial charge in [-0.05, 0) is 55.8 Å². The molecule has 0 heterocycles. The molecule has 1 atom stereocenters. The predicted octanol–water partition coefficient (Wildman–Crippen LogP) is 3.80. The van der Waals surface area contributed by atoms with Crippen molar-refractivity contribution in [3.05, 3.63) is 0 Å². The van der Waals surface area contributed by atoms with Gasteiger partial charge in [-0.25, -0.2) is 8.78 Å². The van der Waals surface area contributed by atoms with Crippen LogP contribution in [0.25, 0.3) is 0 Å². The standard InChI is InChI=1S/C14H17F5O2/c15-12(16)11(14(17,18)19)21-13(20)10-8-2-6-1-7(4-8)5-9(10)3-6/h6-12H,1-5H2. The fraction of sp³-hybridized carbons (Fsp3) is 0.929. The first-order chi connectivity index (χ1) is 9.75. The molecule has 0 radical (unpaired) electrons. The van der Waals surface area contributed by atoms with E-state index in [0.29, 0.717) is 11.8 Å². The minimum absolute atomic E-state index is 0.0142. The molecule has 0 saturated heterocycles. The van der Waals surface area contributed by atoms with E-state index in [9.17, 15) is 26.7 Å². The minimum Gasteiger partial charge on any atom is -0.446 e. The van der Waals surface area contributed by atoms with Crippen molar-refractivity contribution in [2.45, 2.75) is 50.8 Å². The van der Waals surface area contributed by atoms with Gasteiger partial charge in [0.1, 0.15) is 0 Å². The van der Waals surface area contributed by atoms with E-state index in [1.165, 1.54) is 0 Å². The quantitative estimate of drug-likeness (QED) is 0.585. The van der Waals surface area contributed by atoms with Crippen LogP contribution in [0.2, 0.25) is 0 Å². The van der Waals surface area contributed by atoms with Crippen molar-refractivity contribution in [1.82, 2.24) is 0 Å². The summed E-state index contributed by atoms with van der Waals surface area (Å²) in [6.07, 6.45) is -7.87. The van der Waals surface area contributed by atoms with Crippen LogP contribution in [0.4, 0.5) is 22.0 Å². The molecule has 4 bridgehead atoms. The second kappa shape index (κ2) is 5.09. The number of carbonyl (C=O) groups is 1. The van der Waals surface area contributed by atoms with Gasteiger partial charge in [-0.2, -0.15) is 13.2 Å². The number of hydrogen-bond acceptors (Lipinski definition) is 2. The molecule has 0 aromatic heterocycles. The summed E-state index contributed by atoms with van der Waals surface area (Å²) in [4.78, 5) is 12.0. The Morgan fingerprint density at radius 3 is 1.81 bits per heavy atom. The summed E-state index contributed by atoms with van der Waals surface area (Å²) in [5.74, 6) is -0.580. The summed E-state index contributed by atoms with van der Waals surface area (Å²) in [7, 11) is 0. The number of rotatable bonds is 3. The fourth-order valence-electron chi connectivity index (χ4n) is 4.77. The Kier molecular flexibility index (Phi) is 3.64. The molecule has 0 N–H and O–H groups in total. The number of ether oxygens (including phenoxy) is 1. The molecule has 21 heavy (non-hydrogen) atoms. The predicted molar refractivity (Wildman–Crippen MR) is 62.5 cm³/mol. The Morgan fingerprint density at radius 1 is 0.952 bits per heavy atom. The van der Waals surface area contributed by atoms with Gasteiger partial charge in [0.2, 0.25) is 0 Å². The zero-order valence-corrected chi connectivity index (χ0v) is 11.3. The largest absolute Gasteiger partial charge is 0.446 e. The third-order valence-corrected chi connectivity index (χ3v) is 5.29. The molecular formula is C14H17F5O2. The SMILES string of the molecule is O=C(OC(C(F)F)C(F)(F)F)C1C2CC3CC(C2)CC1C3. The van der Waals surface area contributed by atoms with Gasteiger partial charge in [-0.1, -0.05) is 0 Å². The van der Waals surface area contributed by atoms with Gasteiger partial charge < -0.3 is 4.74 Å². The monoisotopic (exact) mass is 312 g/mol. The summed E-state index contributed by atoms with van der Waals surface area (Å²) in [5, 5.41) is 0. The first-order valence-corrected chi connectivity index (χ1v) is 7.31. The summed E-state index contributed by atoms with van der Waals surface area (Å²) in [6, 6.07) is 0. The first-order valence-electron chi connectivity index (χ1n) is 7.31. The summed E-state index contributed by atoms with van der Waals surface area (Å²) in [6.45, 7) is 0. The van der Waals surface area contributed by atoms with Crippen LogP contribution in [0.1, 0.15) is 32.1 Å². The number of esters is 1. The lowest BCUT2D eigenvalue weighted by Crippen LogP contribution is -2.50. The molecule has 0 amide bonds. The Morgan fingerprint density at radius 2 is 1.43 bits per heavy atom. The number of carbonyl (C=O) groups excluding carboxylic acids is 1. The third kappa shape index (κ3) is 2.75. The maximum atomic E-state index is 12.5. The number of alkyl halides is 5. The van der Waals surface area contributed by atoms with E-state index < -0.39 is 30.6 Å². The lowest BCUT2D eigenvalue weighted by atomic mass is 9.52. The fourth-order valence-corrected chi connectivity index (χ4v) is 4.77. The average molecular weight is 312 g/mol. The Labute approximate surface area is 119 Å². The molecule has 0 aromatic carbocycles. The van der Waals surface area contributed by atoms with Crippen molar-refractivity contribution in [1.29, 1.82) is 0 Å². The lowest BCUT2D eigenvalue weighted by molar-refractivity contribution is -0.254. The van der Waals surface area contributed by atoms with Crippen molar-refractivity contribution >= 4 is 5.97 Å². The third-order valence-electron chi connectivity index (χ3n) is 5.29. The normalized spacial score (nSPS) is 39.6. The Hall–Kier alpha value is -0.880. The van der Waals surface area contributed by atoms with Gasteiger partial charge in [0, 0.05) is 0 Å². The van der Waals surface area contributed by atoms with Crippen LogP contribution < -0.4 is 0 Å². The second-order valence-electron chi connectivity index (χ2n) is 6.69. The molecule has 4 rings (SSSR count). The van der Waals surface area contributed by atoms with Crippen LogP contribution in [-0.2, 0) is 9.53 Å². The van der Waals surface area contributed by atoms with Crippen LogP contribution >= 0.6 is 0 Å². The molecular weight excluding hydrogens is 295 g/mol. The van der Waals surface area contributed by atoms with Crippen molar-refractivity contribution in [3.63, 3.8) is 0 Å². The van der Waals surface area contributed by atoms with Crippen molar-refractivity contribution in [2.24, 2.45) is 29.6 Å². The van der Waals surface area contributed by atoms with E-state index in [-0.39, 0.29) is 11.8 Å². The van der Waals surface area contributed by atoms with Crippen LogP contribution in [0, 0.1) is 29.6 Å². The topological polar surface area (TPSA) is 26.3 Å². The molecule has 2 nitrogen and oxygen atoms in total. The van der Waals surface area contributed by atoms with Gasteiger partial charge in [0.05, 0.1) is 5.92 Å². The van der Waals surface area contributed by atoms with E-state index >= 15 is 0 Å². The highest BCUT2D eigenvalue weighted by atomic mass is 19.4. The molecule has 4 saturated carbocycles. The highest BCUT2D eigenvalue weighted by Crippen LogP contribution is 2.56. The summed E-state index contributed by atoms with van der Waals surface area (Å²) < 4.78 is 66.7. The average Bonchev–Trinajstić information content (AvgIpc) is 2.32. The first kappa shape index (κ1) is 15.0. The smallest absolute Gasteiger partial charge is 0.431 e. The van der Waals surface area contributed by atoms with E-state index in [1.807, 2.05) is 0 Å². The zero-order valence-electron chi connectivity index (χ0n) is 11.3. The van der Waals surface area contributed by atoms with E-state index in [4.69, 9.17) is 0 Å². The summed E-state index contributed by atoms with van der Waals surface area (Å²) in [5.41, 5.74) is 0. The number of hydrogen-bond donors (Lipinski definition) is 0. The van der Waals surface area contributed by atoms with Crippen molar-refractivity contribution in [2.75, 3.05) is 0 Å². The van der Waals surface area contributed by atoms with Crippen LogP contribution in [0.15, 0.2) is 0 Å². The van der Waals surface area contributed by atoms with Crippen LogP contribution in [0.5, 0.6) is 0 Å². The van der Waals surface area contributed by atoms with Crippen molar-refractivity contribution in [3.8, 4) is 0 Å². The molecule has 4 fully saturated rings. The molecule has 0 aliphatic heterocycles. The Bertz CT molecular complexity index is 392. The lowest BCUT2D eigenvalue weighted by Gasteiger charge is -2.53. The zero-order chi connectivity index (χ0) is 15.4. The van der Waals surface area contributed by atoms with E-state index in [0.717, 1.165) is 32.1 Å². The van der Waals surface area contributed by atoms with Gasteiger partial charge >= 0.3 is 12.1 Å². The maximum absolute atomic E-state index is 12.5. The van der Waals surface area contributed by atoms with Gasteiger partial charge in [0.15, 0.2) is 0 Å². The van der Waals surface area contributed by atoms with Gasteiger partial charge in [-0.15, -0.1) is 0 Å². The molecule has 4 aliphatic rings. The highest BCUT2D eigenvalue weighted by Gasteiger charge is 2.54. The number of halogens is 5.